The molecule has 0 amide bonds. The third-order valence-corrected chi connectivity index (χ3v) is 6.76. The number of fused-ring (bicyclic) bond motifs is 2. The molecule has 2 aromatic heterocycles. The van der Waals surface area contributed by atoms with Crippen molar-refractivity contribution in [3.63, 3.8) is 0 Å². The zero-order valence-corrected chi connectivity index (χ0v) is 22.8. The molecule has 0 fully saturated rings. The van der Waals surface area contributed by atoms with Crippen LogP contribution in [0, 0.1) is 10.1 Å². The van der Waals surface area contributed by atoms with Crippen LogP contribution in [-0.4, -0.2) is 34.0 Å². The second kappa shape index (κ2) is 10.7. The van der Waals surface area contributed by atoms with E-state index in [1.165, 1.54) is 12.3 Å². The number of furan rings is 1. The molecule has 0 spiro atoms. The van der Waals surface area contributed by atoms with E-state index in [9.17, 15) is 14.9 Å². The van der Waals surface area contributed by atoms with E-state index in [0.29, 0.717) is 49.8 Å². The summed E-state index contributed by atoms with van der Waals surface area (Å²) in [5.41, 5.74) is 0.756. The van der Waals surface area contributed by atoms with Gasteiger partial charge >= 0.3 is 5.69 Å². The number of nitro groups is 1. The van der Waals surface area contributed by atoms with Crippen molar-refractivity contribution in [1.82, 2.24) is 9.66 Å². The number of nitrogens with zero attached hydrogens (tertiary/aromatic N) is 4. The highest BCUT2D eigenvalue weighted by molar-refractivity contribution is 9.10. The van der Waals surface area contributed by atoms with Gasteiger partial charge in [0, 0.05) is 11.6 Å². The van der Waals surface area contributed by atoms with Crippen LogP contribution in [0.25, 0.3) is 33.5 Å². The van der Waals surface area contributed by atoms with Gasteiger partial charge in [-0.25, -0.2) is 4.98 Å². The quantitative estimate of drug-likeness (QED) is 0.114. The Labute approximate surface area is 230 Å². The van der Waals surface area contributed by atoms with Gasteiger partial charge in [0.05, 0.1) is 45.1 Å². The van der Waals surface area contributed by atoms with Gasteiger partial charge in [0.1, 0.15) is 11.3 Å². The summed E-state index contributed by atoms with van der Waals surface area (Å²) in [6, 6.07) is 17.0. The van der Waals surface area contributed by atoms with E-state index in [1.54, 1.807) is 61.7 Å². The van der Waals surface area contributed by atoms with Crippen molar-refractivity contribution in [2.45, 2.75) is 26.4 Å². The molecule has 1 atom stereocenters. The number of rotatable bonds is 8. The van der Waals surface area contributed by atoms with Gasteiger partial charge in [-0.05, 0) is 65.7 Å². The molecular weight excluding hydrogens is 568 g/mol. The largest absolute Gasteiger partial charge is 0.496 e. The number of ether oxygens (including phenoxy) is 2. The van der Waals surface area contributed by atoms with E-state index in [2.05, 4.69) is 26.0 Å². The second-order valence-corrected chi connectivity index (χ2v) is 9.60. The van der Waals surface area contributed by atoms with Crippen LogP contribution >= 0.6 is 15.9 Å². The molecule has 5 aromatic rings. The maximum atomic E-state index is 13.5. The minimum Gasteiger partial charge on any atom is -0.496 e. The smallest absolute Gasteiger partial charge is 0.312 e. The molecule has 39 heavy (non-hydrogen) atoms. The van der Waals surface area contributed by atoms with Crippen LogP contribution in [0.1, 0.15) is 25.8 Å². The second-order valence-electron chi connectivity index (χ2n) is 8.74. The molecule has 0 N–H and O–H groups in total. The van der Waals surface area contributed by atoms with E-state index in [0.717, 1.165) is 4.68 Å². The monoisotopic (exact) mass is 590 g/mol. The van der Waals surface area contributed by atoms with Crippen LogP contribution in [-0.2, 0) is 0 Å². The highest BCUT2D eigenvalue weighted by atomic mass is 79.9. The Bertz CT molecular complexity index is 1810. The van der Waals surface area contributed by atoms with Crippen LogP contribution in [0.2, 0.25) is 0 Å². The van der Waals surface area contributed by atoms with Crippen molar-refractivity contribution in [2.24, 2.45) is 5.10 Å². The third-order valence-electron chi connectivity index (χ3n) is 6.17. The number of hydrogen-bond acceptors (Lipinski definition) is 8. The lowest BCUT2D eigenvalue weighted by Gasteiger charge is -2.14. The maximum absolute atomic E-state index is 13.5. The number of aromatic nitrogens is 2. The van der Waals surface area contributed by atoms with Crippen molar-refractivity contribution < 1.29 is 18.8 Å². The lowest BCUT2D eigenvalue weighted by molar-refractivity contribution is -0.386. The first-order chi connectivity index (χ1) is 18.8. The summed E-state index contributed by atoms with van der Waals surface area (Å²) in [4.78, 5) is 29.5. The summed E-state index contributed by atoms with van der Waals surface area (Å²) < 4.78 is 18.8. The van der Waals surface area contributed by atoms with E-state index < -0.39 is 10.5 Å². The molecule has 11 heteroatoms. The Hall–Kier alpha value is -4.51. The number of halogens is 1. The average molecular weight is 591 g/mol. The molecule has 5 rings (SSSR count). The summed E-state index contributed by atoms with van der Waals surface area (Å²) in [6.45, 7) is 3.76. The number of hydrogen-bond donors (Lipinski definition) is 0. The number of methoxy groups -OCH3 is 1. The molecule has 2 heterocycles. The molecule has 3 aromatic carbocycles. The predicted molar refractivity (Wildman–Crippen MR) is 152 cm³/mol. The van der Waals surface area contributed by atoms with Gasteiger partial charge in [0.25, 0.3) is 5.56 Å². The van der Waals surface area contributed by atoms with Crippen LogP contribution in [0.3, 0.4) is 0 Å². The van der Waals surface area contributed by atoms with Crippen LogP contribution in [0.4, 0.5) is 5.69 Å². The van der Waals surface area contributed by atoms with Gasteiger partial charge in [-0.1, -0.05) is 25.1 Å². The highest BCUT2D eigenvalue weighted by Gasteiger charge is 2.22. The first-order valence-electron chi connectivity index (χ1n) is 12.1. The number of benzene rings is 3. The SMILES string of the molecule is CC[C@@H](C)Oc1c(Br)cc(C=Nn2c(-c3cc4c(OC)cccc4o3)nc3ccccc3c2=O)cc1[N+](=O)[O-]. The molecule has 0 aliphatic heterocycles. The van der Waals surface area contributed by atoms with Gasteiger partial charge in [-0.2, -0.15) is 9.78 Å². The minimum atomic E-state index is -0.517. The summed E-state index contributed by atoms with van der Waals surface area (Å²) in [5.74, 6) is 1.21. The van der Waals surface area contributed by atoms with Gasteiger partial charge in [-0.15, -0.1) is 0 Å². The summed E-state index contributed by atoms with van der Waals surface area (Å²) >= 11 is 3.38. The van der Waals surface area contributed by atoms with E-state index in [1.807, 2.05) is 13.8 Å². The Morgan fingerprint density at radius 3 is 2.72 bits per heavy atom. The van der Waals surface area contributed by atoms with Gasteiger partial charge in [-0.3, -0.25) is 14.9 Å². The first kappa shape index (κ1) is 26.1. The van der Waals surface area contributed by atoms with Gasteiger partial charge in [0.2, 0.25) is 11.6 Å². The Kier molecular flexibility index (Phi) is 7.16. The number of para-hydroxylation sites is 1. The average Bonchev–Trinajstić information content (AvgIpc) is 3.38. The standard InChI is InChI=1S/C28H23BrN4O6/c1-4-16(2)38-26-20(29)12-17(13-22(26)33(35)36)15-30-32-27(31-21-9-6-5-8-18(21)28(32)34)25-14-19-23(37-3)10-7-11-24(19)39-25/h5-16H,4H2,1-3H3/t16-/m1/s1. The fourth-order valence-corrected chi connectivity index (χ4v) is 4.61. The lowest BCUT2D eigenvalue weighted by atomic mass is 10.2. The maximum Gasteiger partial charge on any atom is 0.312 e. The summed E-state index contributed by atoms with van der Waals surface area (Å²) in [5, 5.41) is 17.3. The van der Waals surface area contributed by atoms with Crippen molar-refractivity contribution in [2.75, 3.05) is 7.11 Å². The fraction of sp³-hybridized carbons (Fsp3) is 0.179. The minimum absolute atomic E-state index is 0.132. The molecular formula is C28H23BrN4O6. The van der Waals surface area contributed by atoms with Crippen molar-refractivity contribution >= 4 is 49.7 Å². The highest BCUT2D eigenvalue weighted by Crippen LogP contribution is 2.37. The first-order valence-corrected chi connectivity index (χ1v) is 12.9. The molecule has 0 radical (unpaired) electrons. The molecule has 0 aliphatic carbocycles. The molecule has 0 unspecified atom stereocenters. The molecule has 0 aliphatic rings. The van der Waals surface area contributed by atoms with E-state index >= 15 is 0 Å². The molecule has 198 valence electrons. The Morgan fingerprint density at radius 1 is 1.18 bits per heavy atom. The molecule has 0 saturated heterocycles. The van der Waals surface area contributed by atoms with Gasteiger partial charge < -0.3 is 13.9 Å². The van der Waals surface area contributed by atoms with Gasteiger partial charge in [0.15, 0.2) is 5.76 Å². The summed E-state index contributed by atoms with van der Waals surface area (Å²) in [6.07, 6.45) is 1.82. The van der Waals surface area contributed by atoms with Crippen LogP contribution < -0.4 is 15.0 Å². The molecule has 10 nitrogen and oxygen atoms in total. The van der Waals surface area contributed by atoms with Crippen LogP contribution in [0.5, 0.6) is 11.5 Å². The zero-order valence-electron chi connectivity index (χ0n) is 21.3. The Balaban J connectivity index is 1.67. The number of nitro benzene ring substituents is 1. The third kappa shape index (κ3) is 5.00. The normalized spacial score (nSPS) is 12.3. The zero-order chi connectivity index (χ0) is 27.7. The van der Waals surface area contributed by atoms with Crippen LogP contribution in [0.15, 0.2) is 79.4 Å². The van der Waals surface area contributed by atoms with Crippen molar-refractivity contribution in [3.8, 4) is 23.1 Å². The fourth-order valence-electron chi connectivity index (χ4n) is 4.05. The van der Waals surface area contributed by atoms with Crippen molar-refractivity contribution in [3.05, 3.63) is 91.2 Å². The van der Waals surface area contributed by atoms with E-state index in [-0.39, 0.29) is 23.4 Å². The van der Waals surface area contributed by atoms with E-state index in [4.69, 9.17) is 13.9 Å². The van der Waals surface area contributed by atoms with Crippen molar-refractivity contribution in [1.29, 1.82) is 0 Å². The topological polar surface area (TPSA) is 122 Å². The molecule has 0 saturated carbocycles. The summed E-state index contributed by atoms with van der Waals surface area (Å²) in [7, 11) is 1.56. The lowest BCUT2D eigenvalue weighted by Crippen LogP contribution is -2.20. The Morgan fingerprint density at radius 2 is 1.97 bits per heavy atom. The predicted octanol–water partition coefficient (Wildman–Crippen LogP) is 6.55. The molecule has 0 bridgehead atoms.